The summed E-state index contributed by atoms with van der Waals surface area (Å²) >= 11 is 0. The Morgan fingerprint density at radius 1 is 0.618 bits per heavy atom. The Hall–Kier alpha value is -1.30. The number of nitrogens with two attached hydrogens (primary N) is 2. The molecule has 7 N–H and O–H groups in total. The minimum atomic E-state index is -0.763. The molecule has 9 nitrogen and oxygen atoms in total. The number of rotatable bonds is 24. The molecule has 1 amide bonds. The zero-order valence-corrected chi connectivity index (χ0v) is 21.8. The summed E-state index contributed by atoms with van der Waals surface area (Å²) in [6, 6.07) is -1.14. The molecule has 0 rings (SSSR count). The first-order valence-corrected chi connectivity index (χ1v) is 14.7. The van der Waals surface area contributed by atoms with Crippen molar-refractivity contribution in [2.45, 2.75) is 102 Å². The van der Waals surface area contributed by atoms with E-state index in [1.54, 1.807) is 0 Å². The maximum Gasteiger partial charge on any atom is 0.303 e. The molecule has 0 aromatic carbocycles. The lowest BCUT2D eigenvalue weighted by atomic mass is 10.0. The quantitative estimate of drug-likeness (QED) is 0.0936. The average molecular weight is 522 g/mol. The number of ketones is 1. The van der Waals surface area contributed by atoms with Crippen molar-refractivity contribution in [3.05, 3.63) is 0 Å². The molecule has 0 aliphatic carbocycles. The van der Waals surface area contributed by atoms with Gasteiger partial charge in [-0.15, -0.1) is 0 Å². The van der Waals surface area contributed by atoms with E-state index in [0.29, 0.717) is 37.3 Å². The van der Waals surface area contributed by atoms with Gasteiger partial charge in [0.05, 0.1) is 12.1 Å². The topological polar surface area (TPSA) is 173 Å². The van der Waals surface area contributed by atoms with Crippen LogP contribution < -0.4 is 16.8 Å². The van der Waals surface area contributed by atoms with Crippen molar-refractivity contribution in [1.82, 2.24) is 5.32 Å². The van der Waals surface area contributed by atoms with Gasteiger partial charge in [-0.1, -0.05) is 66.5 Å². The minimum absolute atomic E-state index is 0.0454. The first-order chi connectivity index (χ1) is 16.2. The Morgan fingerprint density at radius 3 is 1.53 bits per heavy atom. The van der Waals surface area contributed by atoms with E-state index in [0.717, 1.165) is 57.8 Å². The molecule has 0 aromatic rings. The van der Waals surface area contributed by atoms with Crippen molar-refractivity contribution >= 4 is 45.2 Å². The zero-order chi connectivity index (χ0) is 25.6. The molecule has 34 heavy (non-hydrogen) atoms. The Morgan fingerprint density at radius 2 is 1.03 bits per heavy atom. The van der Waals surface area contributed by atoms with Gasteiger partial charge in [0.1, 0.15) is 5.78 Å². The molecular weight excluding hydrogens is 478 g/mol. The molecule has 0 radical (unpaired) electrons. The van der Waals surface area contributed by atoms with Crippen LogP contribution in [0.4, 0.5) is 0 Å². The van der Waals surface area contributed by atoms with E-state index in [9.17, 15) is 19.2 Å². The normalized spacial score (nSPS) is 12.8. The van der Waals surface area contributed by atoms with Crippen LogP contribution in [0.5, 0.6) is 0 Å². The van der Waals surface area contributed by atoms with Gasteiger partial charge in [0.25, 0.3) is 0 Å². The van der Waals surface area contributed by atoms with E-state index in [-0.39, 0.29) is 24.5 Å². The summed E-state index contributed by atoms with van der Waals surface area (Å²) in [5.41, 5.74) is 11.9. The lowest BCUT2D eigenvalue weighted by Crippen LogP contribution is -2.42. The SMILES string of the molecule is NC(CSSCC(N)C(=O)NCCCCCCCC(=O)O)C(=O)CCCCCCCCC(=O)O. The number of carbonyl (C=O) groups is 4. The van der Waals surface area contributed by atoms with Crippen LogP contribution >= 0.6 is 21.6 Å². The highest BCUT2D eigenvalue weighted by atomic mass is 33.1. The summed E-state index contributed by atoms with van der Waals surface area (Å²) < 4.78 is 0. The second-order valence-corrected chi connectivity index (χ2v) is 11.0. The lowest BCUT2D eigenvalue weighted by Gasteiger charge is -2.13. The van der Waals surface area contributed by atoms with Crippen LogP contribution in [0.15, 0.2) is 0 Å². The van der Waals surface area contributed by atoms with Gasteiger partial charge in [0, 0.05) is 37.3 Å². The molecule has 0 aliphatic heterocycles. The van der Waals surface area contributed by atoms with E-state index >= 15 is 0 Å². The predicted octanol–water partition coefficient (Wildman–Crippen LogP) is 3.34. The molecule has 2 unspecified atom stereocenters. The molecule has 2 atom stereocenters. The molecule has 11 heteroatoms. The second-order valence-electron chi connectivity index (χ2n) is 8.47. The maximum atomic E-state index is 12.1. The fourth-order valence-electron chi connectivity index (χ4n) is 3.15. The van der Waals surface area contributed by atoms with E-state index < -0.39 is 24.0 Å². The highest BCUT2D eigenvalue weighted by Crippen LogP contribution is 2.23. The molecule has 0 saturated carbocycles. The van der Waals surface area contributed by atoms with Gasteiger partial charge in [-0.3, -0.25) is 19.2 Å². The second kappa shape index (κ2) is 22.2. The number of amides is 1. The molecule has 0 spiro atoms. The van der Waals surface area contributed by atoms with Gasteiger partial charge in [-0.05, 0) is 25.7 Å². The van der Waals surface area contributed by atoms with Crippen molar-refractivity contribution in [2.24, 2.45) is 11.5 Å². The Balaban J connectivity index is 3.63. The van der Waals surface area contributed by atoms with Crippen molar-refractivity contribution < 1.29 is 29.4 Å². The fraction of sp³-hybridized carbons (Fsp3) is 0.826. The van der Waals surface area contributed by atoms with Crippen LogP contribution in [0.3, 0.4) is 0 Å². The number of hydrogen-bond acceptors (Lipinski definition) is 8. The smallest absolute Gasteiger partial charge is 0.303 e. The van der Waals surface area contributed by atoms with E-state index in [4.69, 9.17) is 21.7 Å². The molecule has 198 valence electrons. The number of aliphatic carboxylic acids is 2. The van der Waals surface area contributed by atoms with Crippen LogP contribution in [0, 0.1) is 0 Å². The van der Waals surface area contributed by atoms with Gasteiger partial charge in [0.2, 0.25) is 5.91 Å². The number of nitrogens with one attached hydrogen (secondary N) is 1. The molecule has 0 aromatic heterocycles. The summed E-state index contributed by atoms with van der Waals surface area (Å²) in [7, 11) is 2.89. The Bertz CT molecular complexity index is 545. The monoisotopic (exact) mass is 521 g/mol. The van der Waals surface area contributed by atoms with Gasteiger partial charge in [0.15, 0.2) is 0 Å². The third-order valence-electron chi connectivity index (χ3n) is 5.26. The molecule has 0 fully saturated rings. The predicted molar refractivity (Wildman–Crippen MR) is 139 cm³/mol. The maximum absolute atomic E-state index is 12.1. The number of carboxylic acid groups (broad SMARTS) is 2. The summed E-state index contributed by atoms with van der Waals surface area (Å²) in [5.74, 6) is -0.744. The van der Waals surface area contributed by atoms with Crippen molar-refractivity contribution in [1.29, 1.82) is 0 Å². The van der Waals surface area contributed by atoms with Crippen LogP contribution in [0.1, 0.15) is 89.9 Å². The highest BCUT2D eigenvalue weighted by Gasteiger charge is 2.16. The first-order valence-electron chi connectivity index (χ1n) is 12.2. The number of Topliss-reactive ketones (excluding diaryl/α,β-unsaturated/α-hetero) is 1. The Kier molecular flexibility index (Phi) is 21.3. The molecule has 0 saturated heterocycles. The number of carbonyl (C=O) groups excluding carboxylic acids is 2. The van der Waals surface area contributed by atoms with Crippen LogP contribution in [-0.4, -0.2) is 64.0 Å². The van der Waals surface area contributed by atoms with Crippen molar-refractivity contribution in [2.75, 3.05) is 18.1 Å². The zero-order valence-electron chi connectivity index (χ0n) is 20.2. The van der Waals surface area contributed by atoms with E-state index in [2.05, 4.69) is 5.32 Å². The molecule has 0 bridgehead atoms. The van der Waals surface area contributed by atoms with Gasteiger partial charge in [-0.25, -0.2) is 0 Å². The Labute approximate surface area is 211 Å². The summed E-state index contributed by atoms with van der Waals surface area (Å²) in [4.78, 5) is 45.0. The summed E-state index contributed by atoms with van der Waals surface area (Å²) in [6.45, 7) is 0.560. The molecule has 0 aliphatic rings. The van der Waals surface area contributed by atoms with Crippen LogP contribution in [-0.2, 0) is 19.2 Å². The lowest BCUT2D eigenvalue weighted by molar-refractivity contribution is -0.138. The van der Waals surface area contributed by atoms with E-state index in [1.165, 1.54) is 21.6 Å². The minimum Gasteiger partial charge on any atom is -0.481 e. The highest BCUT2D eigenvalue weighted by molar-refractivity contribution is 8.76. The number of unbranched alkanes of at least 4 members (excludes halogenated alkanes) is 9. The molecule has 0 heterocycles. The summed E-state index contributed by atoms with van der Waals surface area (Å²) in [6.07, 6.45) is 10.5. The number of hydrogen-bond donors (Lipinski definition) is 5. The number of carboxylic acids is 2. The fourth-order valence-corrected chi connectivity index (χ4v) is 5.43. The first kappa shape index (κ1) is 32.7. The largest absolute Gasteiger partial charge is 0.481 e. The van der Waals surface area contributed by atoms with Crippen molar-refractivity contribution in [3.8, 4) is 0 Å². The third kappa shape index (κ3) is 21.2. The van der Waals surface area contributed by atoms with Gasteiger partial charge < -0.3 is 27.0 Å². The summed E-state index contributed by atoms with van der Waals surface area (Å²) in [5, 5.41) is 20.0. The van der Waals surface area contributed by atoms with Crippen molar-refractivity contribution in [3.63, 3.8) is 0 Å². The van der Waals surface area contributed by atoms with E-state index in [1.807, 2.05) is 0 Å². The van der Waals surface area contributed by atoms with Crippen LogP contribution in [0.2, 0.25) is 0 Å². The average Bonchev–Trinajstić information content (AvgIpc) is 2.79. The molecular formula is C23H43N3O6S2. The van der Waals surface area contributed by atoms with Crippen LogP contribution in [0.25, 0.3) is 0 Å². The van der Waals surface area contributed by atoms with Gasteiger partial charge in [-0.2, -0.15) is 0 Å². The third-order valence-corrected chi connectivity index (χ3v) is 7.73. The standard InChI is InChI=1S/C23H43N3O6S2/c24-18(20(27)12-8-4-1-2-5-9-13-21(28)29)16-33-34-17-19(25)23(32)26-15-11-7-3-6-10-14-22(30)31/h18-19H,1-17,24-25H2,(H,26,32)(H,28,29)(H,30,31). The van der Waals surface area contributed by atoms with Gasteiger partial charge >= 0.3 is 11.9 Å².